The Morgan fingerprint density at radius 3 is 2.95 bits per heavy atom. The molecule has 0 amide bonds. The van der Waals surface area contributed by atoms with Crippen molar-refractivity contribution < 1.29 is 4.74 Å². The van der Waals surface area contributed by atoms with Crippen molar-refractivity contribution in [2.24, 2.45) is 7.05 Å². The molecule has 108 valence electrons. The quantitative estimate of drug-likeness (QED) is 0.784. The van der Waals surface area contributed by atoms with Gasteiger partial charge in [-0.15, -0.1) is 0 Å². The van der Waals surface area contributed by atoms with E-state index in [0.717, 1.165) is 31.0 Å². The van der Waals surface area contributed by atoms with Crippen LogP contribution in [-0.2, 0) is 20.0 Å². The van der Waals surface area contributed by atoms with E-state index in [1.807, 2.05) is 50.1 Å². The molecule has 0 aromatic carbocycles. The van der Waals surface area contributed by atoms with Gasteiger partial charge >= 0.3 is 0 Å². The van der Waals surface area contributed by atoms with Gasteiger partial charge in [0.1, 0.15) is 0 Å². The van der Waals surface area contributed by atoms with Gasteiger partial charge in [0, 0.05) is 31.5 Å². The van der Waals surface area contributed by atoms with Crippen LogP contribution in [0.4, 0.5) is 0 Å². The number of rotatable bonds is 7. The molecule has 2 aromatic rings. The Balaban J connectivity index is 1.81. The third kappa shape index (κ3) is 4.35. The van der Waals surface area contributed by atoms with Gasteiger partial charge in [-0.25, -0.2) is 4.98 Å². The lowest BCUT2D eigenvalue weighted by Crippen LogP contribution is -2.18. The van der Waals surface area contributed by atoms with Crippen LogP contribution in [0.15, 0.2) is 30.7 Å². The molecule has 0 radical (unpaired) electrons. The minimum Gasteiger partial charge on any atom is -0.475 e. The summed E-state index contributed by atoms with van der Waals surface area (Å²) in [6.07, 6.45) is 6.81. The maximum absolute atomic E-state index is 5.70. The predicted octanol–water partition coefficient (Wildman–Crippen LogP) is 1.93. The summed E-state index contributed by atoms with van der Waals surface area (Å²) in [5.41, 5.74) is 2.33. The maximum atomic E-state index is 5.70. The molecule has 0 aliphatic heterocycles. The van der Waals surface area contributed by atoms with Crippen LogP contribution in [0.2, 0.25) is 0 Å². The Morgan fingerprint density at radius 1 is 1.40 bits per heavy atom. The lowest BCUT2D eigenvalue weighted by Gasteiger charge is -2.13. The van der Waals surface area contributed by atoms with Gasteiger partial charge in [0.2, 0.25) is 5.88 Å². The number of nitrogens with one attached hydrogen (secondary N) is 1. The Kier molecular flexibility index (Phi) is 5.12. The zero-order valence-corrected chi connectivity index (χ0v) is 12.3. The highest BCUT2D eigenvalue weighted by molar-refractivity contribution is 5.25. The number of ether oxygens (including phenoxy) is 1. The topological polar surface area (TPSA) is 52.0 Å². The second-order valence-corrected chi connectivity index (χ2v) is 5.08. The van der Waals surface area contributed by atoms with Gasteiger partial charge in [0.05, 0.1) is 12.3 Å². The summed E-state index contributed by atoms with van der Waals surface area (Å²) >= 11 is 0. The van der Waals surface area contributed by atoms with E-state index < -0.39 is 0 Å². The Morgan fingerprint density at radius 2 is 2.25 bits per heavy atom. The van der Waals surface area contributed by atoms with Gasteiger partial charge in [-0.3, -0.25) is 4.68 Å². The van der Waals surface area contributed by atoms with E-state index in [4.69, 9.17) is 4.74 Å². The molecule has 0 saturated carbocycles. The fourth-order valence-electron chi connectivity index (χ4n) is 1.94. The summed E-state index contributed by atoms with van der Waals surface area (Å²) in [6, 6.07) is 3.98. The Labute approximate surface area is 120 Å². The van der Waals surface area contributed by atoms with Crippen LogP contribution < -0.4 is 10.1 Å². The van der Waals surface area contributed by atoms with Gasteiger partial charge in [-0.1, -0.05) is 6.07 Å². The molecule has 2 aromatic heterocycles. The summed E-state index contributed by atoms with van der Waals surface area (Å²) in [6.45, 7) is 5.68. The van der Waals surface area contributed by atoms with E-state index >= 15 is 0 Å². The number of hydrogen-bond acceptors (Lipinski definition) is 4. The van der Waals surface area contributed by atoms with Gasteiger partial charge in [0.15, 0.2) is 0 Å². The standard InChI is InChI=1S/C15H22N4O/c1-12(2)20-15-14(5-4-7-17-15)10-16-8-6-13-9-18-19(3)11-13/h4-5,7,9,11-12,16H,6,8,10H2,1-3H3. The summed E-state index contributed by atoms with van der Waals surface area (Å²) in [4.78, 5) is 4.28. The molecule has 0 fully saturated rings. The van der Waals surface area contributed by atoms with E-state index in [0.29, 0.717) is 0 Å². The molecule has 0 aliphatic carbocycles. The highest BCUT2D eigenvalue weighted by atomic mass is 16.5. The molecule has 0 aliphatic rings. The number of aryl methyl sites for hydroxylation is 1. The predicted molar refractivity (Wildman–Crippen MR) is 78.6 cm³/mol. The van der Waals surface area contributed by atoms with E-state index in [2.05, 4.69) is 15.4 Å². The summed E-state index contributed by atoms with van der Waals surface area (Å²) < 4.78 is 7.52. The molecule has 0 spiro atoms. The van der Waals surface area contributed by atoms with Crippen LogP contribution in [0.1, 0.15) is 25.0 Å². The first-order chi connectivity index (χ1) is 9.65. The maximum Gasteiger partial charge on any atom is 0.218 e. The number of pyridine rings is 1. The molecule has 1 N–H and O–H groups in total. The molecule has 5 nitrogen and oxygen atoms in total. The van der Waals surface area contributed by atoms with Crippen LogP contribution in [0.3, 0.4) is 0 Å². The molecule has 0 unspecified atom stereocenters. The first-order valence-corrected chi connectivity index (χ1v) is 6.94. The molecule has 0 saturated heterocycles. The Bertz CT molecular complexity index is 536. The van der Waals surface area contributed by atoms with Crippen molar-refractivity contribution in [2.75, 3.05) is 6.54 Å². The monoisotopic (exact) mass is 274 g/mol. The second kappa shape index (κ2) is 7.05. The van der Waals surface area contributed by atoms with Crippen molar-refractivity contribution in [3.63, 3.8) is 0 Å². The van der Waals surface area contributed by atoms with E-state index in [-0.39, 0.29) is 6.10 Å². The molecule has 0 bridgehead atoms. The summed E-state index contributed by atoms with van der Waals surface area (Å²) in [5, 5.41) is 7.58. The lowest BCUT2D eigenvalue weighted by molar-refractivity contribution is 0.229. The molecule has 0 atom stereocenters. The average molecular weight is 274 g/mol. The average Bonchev–Trinajstić information content (AvgIpc) is 2.81. The minimum atomic E-state index is 0.138. The fourth-order valence-corrected chi connectivity index (χ4v) is 1.94. The van der Waals surface area contributed by atoms with E-state index in [1.54, 1.807) is 6.20 Å². The van der Waals surface area contributed by atoms with Crippen molar-refractivity contribution in [2.45, 2.75) is 32.9 Å². The fraction of sp³-hybridized carbons (Fsp3) is 0.467. The molecule has 5 heteroatoms. The smallest absolute Gasteiger partial charge is 0.218 e. The van der Waals surface area contributed by atoms with Crippen molar-refractivity contribution in [3.05, 3.63) is 41.9 Å². The summed E-state index contributed by atoms with van der Waals surface area (Å²) in [7, 11) is 1.93. The van der Waals surface area contributed by atoms with E-state index in [1.165, 1.54) is 5.56 Å². The van der Waals surface area contributed by atoms with Gasteiger partial charge in [-0.2, -0.15) is 5.10 Å². The lowest BCUT2D eigenvalue weighted by atomic mass is 10.2. The van der Waals surface area contributed by atoms with Crippen LogP contribution >= 0.6 is 0 Å². The SMILES string of the molecule is CC(C)Oc1ncccc1CNCCc1cnn(C)c1. The van der Waals surface area contributed by atoms with Gasteiger partial charge in [-0.05, 0) is 38.4 Å². The van der Waals surface area contributed by atoms with Crippen molar-refractivity contribution in [1.29, 1.82) is 0 Å². The van der Waals surface area contributed by atoms with Crippen molar-refractivity contribution in [3.8, 4) is 5.88 Å². The molecule has 2 heterocycles. The third-order valence-electron chi connectivity index (χ3n) is 2.86. The van der Waals surface area contributed by atoms with Crippen molar-refractivity contribution >= 4 is 0 Å². The van der Waals surface area contributed by atoms with Crippen molar-refractivity contribution in [1.82, 2.24) is 20.1 Å². The highest BCUT2D eigenvalue weighted by Gasteiger charge is 2.06. The third-order valence-corrected chi connectivity index (χ3v) is 2.86. The van der Waals surface area contributed by atoms with Gasteiger partial charge in [0.25, 0.3) is 0 Å². The molecular weight excluding hydrogens is 252 g/mol. The normalized spacial score (nSPS) is 11.0. The molecular formula is C15H22N4O. The first-order valence-electron chi connectivity index (χ1n) is 6.94. The number of hydrogen-bond donors (Lipinski definition) is 1. The summed E-state index contributed by atoms with van der Waals surface area (Å²) in [5.74, 6) is 0.719. The highest BCUT2D eigenvalue weighted by Crippen LogP contribution is 2.15. The molecule has 20 heavy (non-hydrogen) atoms. The first kappa shape index (κ1) is 14.5. The van der Waals surface area contributed by atoms with Crippen LogP contribution in [-0.4, -0.2) is 27.4 Å². The zero-order valence-electron chi connectivity index (χ0n) is 12.3. The molecule has 2 rings (SSSR count). The Hall–Kier alpha value is -1.88. The number of aromatic nitrogens is 3. The zero-order chi connectivity index (χ0) is 14.4. The van der Waals surface area contributed by atoms with E-state index in [9.17, 15) is 0 Å². The number of nitrogens with zero attached hydrogens (tertiary/aromatic N) is 3. The van der Waals surface area contributed by atoms with Crippen LogP contribution in [0.25, 0.3) is 0 Å². The van der Waals surface area contributed by atoms with Crippen LogP contribution in [0, 0.1) is 0 Å². The second-order valence-electron chi connectivity index (χ2n) is 5.08. The van der Waals surface area contributed by atoms with Crippen LogP contribution in [0.5, 0.6) is 5.88 Å². The minimum absolute atomic E-state index is 0.138. The largest absolute Gasteiger partial charge is 0.475 e. The van der Waals surface area contributed by atoms with Gasteiger partial charge < -0.3 is 10.1 Å².